The Morgan fingerprint density at radius 1 is 1.41 bits per heavy atom. The van der Waals surface area contributed by atoms with E-state index in [1.165, 1.54) is 0 Å². The van der Waals surface area contributed by atoms with E-state index in [9.17, 15) is 9.59 Å². The first kappa shape index (κ1) is 18.9. The molecule has 8 heteroatoms. The second-order valence-corrected chi connectivity index (χ2v) is 6.55. The van der Waals surface area contributed by atoms with Crippen molar-refractivity contribution in [3.05, 3.63) is 0 Å². The molecule has 0 aromatic rings. The molecule has 1 heterocycles. The molecule has 1 fully saturated rings. The van der Waals surface area contributed by atoms with Crippen LogP contribution in [0.25, 0.3) is 0 Å². The summed E-state index contributed by atoms with van der Waals surface area (Å²) in [6.45, 7) is 6.99. The van der Waals surface area contributed by atoms with Crippen LogP contribution < -0.4 is 16.4 Å². The van der Waals surface area contributed by atoms with E-state index in [2.05, 4.69) is 10.6 Å². The van der Waals surface area contributed by atoms with Crippen LogP contribution in [-0.4, -0.2) is 61.3 Å². The first-order valence-corrected chi connectivity index (χ1v) is 8.00. The van der Waals surface area contributed by atoms with Crippen molar-refractivity contribution in [1.29, 1.82) is 0 Å². The van der Waals surface area contributed by atoms with Crippen molar-refractivity contribution >= 4 is 36.9 Å². The lowest BCUT2D eigenvalue weighted by molar-refractivity contribution is -0.126. The second kappa shape index (κ2) is 8.48. The van der Waals surface area contributed by atoms with E-state index >= 15 is 0 Å². The van der Waals surface area contributed by atoms with Gasteiger partial charge < -0.3 is 21.3 Å². The van der Waals surface area contributed by atoms with Gasteiger partial charge in [0.15, 0.2) is 0 Å². The number of nitrogens with one attached hydrogen (secondary N) is 2. The van der Waals surface area contributed by atoms with Gasteiger partial charge in [-0.05, 0) is 19.3 Å². The first-order valence-electron chi connectivity index (χ1n) is 7.59. The van der Waals surface area contributed by atoms with Gasteiger partial charge in [-0.25, -0.2) is 0 Å². The van der Waals surface area contributed by atoms with Crippen LogP contribution in [0.2, 0.25) is 5.82 Å². The van der Waals surface area contributed by atoms with Gasteiger partial charge in [0.1, 0.15) is 4.99 Å². The molecule has 0 saturated carbocycles. The fraction of sp³-hybridized carbons (Fsp3) is 0.786. The minimum Gasteiger partial charge on any atom is -0.365 e. The molecule has 4 N–H and O–H groups in total. The zero-order valence-electron chi connectivity index (χ0n) is 13.5. The average Bonchev–Trinajstić information content (AvgIpc) is 2.87. The summed E-state index contributed by atoms with van der Waals surface area (Å²) in [6, 6.07) is -0.888. The third kappa shape index (κ3) is 5.57. The third-order valence-corrected chi connectivity index (χ3v) is 4.13. The monoisotopic (exact) mass is 324 g/mol. The van der Waals surface area contributed by atoms with E-state index in [1.807, 2.05) is 18.7 Å². The van der Waals surface area contributed by atoms with Gasteiger partial charge in [-0.1, -0.05) is 31.9 Å². The lowest BCUT2D eigenvalue weighted by atomic mass is 9.87. The molecular weight excluding hydrogens is 299 g/mol. The van der Waals surface area contributed by atoms with Crippen LogP contribution in [0.5, 0.6) is 0 Å². The van der Waals surface area contributed by atoms with Crippen molar-refractivity contribution in [3.63, 3.8) is 0 Å². The number of thiocarbonyl (C=S) groups is 1. The van der Waals surface area contributed by atoms with Gasteiger partial charge in [-0.2, -0.15) is 0 Å². The Kier molecular flexibility index (Phi) is 7.28. The molecule has 0 bridgehead atoms. The molecule has 2 radical (unpaired) electrons. The van der Waals surface area contributed by atoms with Gasteiger partial charge in [0.2, 0.25) is 11.8 Å². The number of amides is 2. The predicted molar refractivity (Wildman–Crippen MR) is 91.7 cm³/mol. The predicted octanol–water partition coefficient (Wildman–Crippen LogP) is -0.419. The summed E-state index contributed by atoms with van der Waals surface area (Å²) in [5, 5.41) is 5.37. The molecule has 0 spiro atoms. The summed E-state index contributed by atoms with van der Waals surface area (Å²) in [5.74, 6) is -0.355. The van der Waals surface area contributed by atoms with E-state index in [0.29, 0.717) is 4.99 Å². The number of nitrogens with zero attached hydrogens (tertiary/aromatic N) is 1. The molecule has 6 nitrogen and oxygen atoms in total. The molecule has 2 amide bonds. The standard InChI is InChI=1S/C14H25BN4O2S/c1-8(2)12(14(22)19-5-4-10(15)7-19)18-11(20)6-17-13(21)9(3)16/h8-10,12H,4-7,16H2,1-3H3,(H,17,21)(H,18,20)/t9-,10-,12+/m1/s1. The van der Waals surface area contributed by atoms with Crippen molar-refractivity contribution < 1.29 is 9.59 Å². The van der Waals surface area contributed by atoms with E-state index < -0.39 is 6.04 Å². The zero-order chi connectivity index (χ0) is 16.9. The highest BCUT2D eigenvalue weighted by atomic mass is 32.1. The number of carbonyl (C=O) groups excluding carboxylic acids is 2. The average molecular weight is 324 g/mol. The topological polar surface area (TPSA) is 87.5 Å². The molecule has 1 aliphatic rings. The van der Waals surface area contributed by atoms with E-state index in [0.717, 1.165) is 19.5 Å². The Balaban J connectivity index is 2.55. The van der Waals surface area contributed by atoms with Crippen molar-refractivity contribution in [1.82, 2.24) is 15.5 Å². The minimum atomic E-state index is -0.638. The van der Waals surface area contributed by atoms with Crippen molar-refractivity contribution in [3.8, 4) is 0 Å². The highest BCUT2D eigenvalue weighted by Crippen LogP contribution is 2.20. The molecule has 22 heavy (non-hydrogen) atoms. The third-order valence-electron chi connectivity index (χ3n) is 3.62. The number of rotatable bonds is 6. The maximum Gasteiger partial charge on any atom is 0.239 e. The summed E-state index contributed by atoms with van der Waals surface area (Å²) in [4.78, 5) is 26.1. The number of nitrogens with two attached hydrogens (primary N) is 1. The summed E-state index contributed by atoms with van der Waals surface area (Å²) in [5.41, 5.74) is 5.43. The molecule has 1 aliphatic heterocycles. The summed E-state index contributed by atoms with van der Waals surface area (Å²) < 4.78 is 0. The van der Waals surface area contributed by atoms with Crippen LogP contribution in [0.3, 0.4) is 0 Å². The maximum atomic E-state index is 12.0. The lowest BCUT2D eigenvalue weighted by Gasteiger charge is -2.30. The van der Waals surface area contributed by atoms with Crippen LogP contribution in [0.4, 0.5) is 0 Å². The first-order chi connectivity index (χ1) is 10.2. The molecule has 0 unspecified atom stereocenters. The van der Waals surface area contributed by atoms with Gasteiger partial charge in [0.25, 0.3) is 0 Å². The van der Waals surface area contributed by atoms with Crippen LogP contribution in [0, 0.1) is 5.92 Å². The molecule has 0 aliphatic carbocycles. The number of hydrogen-bond acceptors (Lipinski definition) is 4. The highest BCUT2D eigenvalue weighted by molar-refractivity contribution is 7.80. The molecule has 1 rings (SSSR count). The van der Waals surface area contributed by atoms with Crippen LogP contribution in [0.15, 0.2) is 0 Å². The summed E-state index contributed by atoms with van der Waals surface area (Å²) in [6.07, 6.45) is 0.906. The second-order valence-electron chi connectivity index (χ2n) is 6.13. The van der Waals surface area contributed by atoms with Crippen molar-refractivity contribution in [2.24, 2.45) is 11.7 Å². The normalized spacial score (nSPS) is 20.6. The van der Waals surface area contributed by atoms with Gasteiger partial charge in [-0.15, -0.1) is 0 Å². The Hall–Kier alpha value is -1.15. The fourth-order valence-electron chi connectivity index (χ4n) is 2.25. The van der Waals surface area contributed by atoms with Crippen LogP contribution >= 0.6 is 12.2 Å². The molecule has 122 valence electrons. The Morgan fingerprint density at radius 3 is 2.50 bits per heavy atom. The van der Waals surface area contributed by atoms with Crippen molar-refractivity contribution in [2.45, 2.75) is 45.1 Å². The maximum absolute atomic E-state index is 12.0. The smallest absolute Gasteiger partial charge is 0.239 e. The molecule has 0 aromatic carbocycles. The largest absolute Gasteiger partial charge is 0.365 e. The summed E-state index contributed by atoms with van der Waals surface area (Å²) >= 11 is 5.51. The summed E-state index contributed by atoms with van der Waals surface area (Å²) in [7, 11) is 5.90. The highest BCUT2D eigenvalue weighted by Gasteiger charge is 2.28. The van der Waals surface area contributed by atoms with E-state index in [1.54, 1.807) is 6.92 Å². The minimum absolute atomic E-state index is 0.105. The molecular formula is C14H25BN4O2S. The Labute approximate surface area is 139 Å². The number of carbonyl (C=O) groups is 2. The van der Waals surface area contributed by atoms with Gasteiger partial charge >= 0.3 is 0 Å². The fourth-order valence-corrected chi connectivity index (χ4v) is 2.75. The quantitative estimate of drug-likeness (QED) is 0.456. The van der Waals surface area contributed by atoms with E-state index in [-0.39, 0.29) is 36.1 Å². The zero-order valence-corrected chi connectivity index (χ0v) is 14.3. The molecule has 0 aromatic heterocycles. The SMILES string of the molecule is [B][C@@H]1CCN(C(=S)[C@@H](NC(=O)CNC(=O)[C@@H](C)N)C(C)C)C1. The van der Waals surface area contributed by atoms with Gasteiger partial charge in [0.05, 0.1) is 26.5 Å². The van der Waals surface area contributed by atoms with Crippen molar-refractivity contribution in [2.75, 3.05) is 19.6 Å². The number of likely N-dealkylation sites (tertiary alicyclic amines) is 1. The van der Waals surface area contributed by atoms with Crippen LogP contribution in [0.1, 0.15) is 27.2 Å². The van der Waals surface area contributed by atoms with E-state index in [4.69, 9.17) is 25.8 Å². The van der Waals surface area contributed by atoms with Gasteiger partial charge in [0, 0.05) is 13.1 Å². The van der Waals surface area contributed by atoms with Gasteiger partial charge in [-0.3, -0.25) is 9.59 Å². The van der Waals surface area contributed by atoms with Crippen LogP contribution in [-0.2, 0) is 9.59 Å². The molecule has 3 atom stereocenters. The molecule has 1 saturated heterocycles. The Bertz CT molecular complexity index is 431. The lowest BCUT2D eigenvalue weighted by Crippen LogP contribution is -2.52. The number of hydrogen-bond donors (Lipinski definition) is 3. The Morgan fingerprint density at radius 2 is 2.05 bits per heavy atom.